The fourth-order valence-electron chi connectivity index (χ4n) is 1.40. The van der Waals surface area contributed by atoms with Gasteiger partial charge in [0.25, 0.3) is 0 Å². The van der Waals surface area contributed by atoms with E-state index in [9.17, 15) is 4.79 Å². The van der Waals surface area contributed by atoms with Crippen molar-refractivity contribution in [3.8, 4) is 0 Å². The van der Waals surface area contributed by atoms with Gasteiger partial charge in [0, 0.05) is 6.20 Å². The van der Waals surface area contributed by atoms with Gasteiger partial charge in [-0.15, -0.1) is 10.2 Å². The van der Waals surface area contributed by atoms with Crippen LogP contribution >= 0.6 is 0 Å². The van der Waals surface area contributed by atoms with Gasteiger partial charge in [0.15, 0.2) is 5.65 Å². The highest BCUT2D eigenvalue weighted by Gasteiger charge is 2.05. The summed E-state index contributed by atoms with van der Waals surface area (Å²) in [6, 6.07) is 3.53. The second-order valence-corrected chi connectivity index (χ2v) is 2.85. The molecule has 0 aromatic carbocycles. The van der Waals surface area contributed by atoms with Crippen LogP contribution in [0.25, 0.3) is 16.7 Å². The highest BCUT2D eigenvalue weighted by atomic mass is 16.1. The van der Waals surface area contributed by atoms with E-state index in [0.29, 0.717) is 16.7 Å². The Morgan fingerprint density at radius 3 is 3.29 bits per heavy atom. The molecule has 0 aliphatic carbocycles. The minimum absolute atomic E-state index is 0.259. The second kappa shape index (κ2) is 2.38. The van der Waals surface area contributed by atoms with Crippen molar-refractivity contribution in [2.24, 2.45) is 0 Å². The Hall–Kier alpha value is -2.24. The van der Waals surface area contributed by atoms with E-state index in [1.54, 1.807) is 18.3 Å². The van der Waals surface area contributed by atoms with Gasteiger partial charge in [0.2, 0.25) is 0 Å². The largest absolute Gasteiger partial charge is 0.333 e. The number of H-pyrrole nitrogens is 1. The van der Waals surface area contributed by atoms with E-state index < -0.39 is 0 Å². The topological polar surface area (TPSA) is 75.9 Å². The van der Waals surface area contributed by atoms with Gasteiger partial charge in [-0.1, -0.05) is 0 Å². The van der Waals surface area contributed by atoms with Gasteiger partial charge < -0.3 is 4.98 Å². The van der Waals surface area contributed by atoms with Gasteiger partial charge >= 0.3 is 5.69 Å². The Bertz CT molecular complexity index is 668. The molecule has 0 atom stereocenters. The van der Waals surface area contributed by atoms with Crippen LogP contribution in [0.3, 0.4) is 0 Å². The normalized spacial score (nSPS) is 11.1. The Kier molecular flexibility index (Phi) is 1.22. The summed E-state index contributed by atoms with van der Waals surface area (Å²) in [5, 5.41) is 7.50. The van der Waals surface area contributed by atoms with Crippen LogP contribution in [0.2, 0.25) is 0 Å². The third-order valence-corrected chi connectivity index (χ3v) is 2.03. The Balaban J connectivity index is 2.73. The average molecular weight is 187 g/mol. The SMILES string of the molecule is O=c1[nH]c2cccnc2c2nncn12. The van der Waals surface area contributed by atoms with Gasteiger partial charge in [0.05, 0.1) is 5.52 Å². The van der Waals surface area contributed by atoms with Crippen LogP contribution in [-0.2, 0) is 0 Å². The highest BCUT2D eigenvalue weighted by Crippen LogP contribution is 2.09. The minimum Gasteiger partial charge on any atom is -0.305 e. The molecule has 3 rings (SSSR count). The molecule has 0 spiro atoms. The fraction of sp³-hybridized carbons (Fsp3) is 0. The molecule has 3 aromatic rings. The van der Waals surface area contributed by atoms with Crippen molar-refractivity contribution in [2.45, 2.75) is 0 Å². The molecule has 6 heteroatoms. The molecule has 0 amide bonds. The van der Waals surface area contributed by atoms with Crippen LogP contribution in [0.1, 0.15) is 0 Å². The first-order valence-corrected chi connectivity index (χ1v) is 4.03. The maximum Gasteiger partial charge on any atom is 0.333 e. The van der Waals surface area contributed by atoms with Crippen LogP contribution in [-0.4, -0.2) is 24.6 Å². The van der Waals surface area contributed by atoms with E-state index >= 15 is 0 Å². The smallest absolute Gasteiger partial charge is 0.305 e. The number of aromatic nitrogens is 5. The lowest BCUT2D eigenvalue weighted by Crippen LogP contribution is -2.15. The zero-order valence-electron chi connectivity index (χ0n) is 7.01. The monoisotopic (exact) mass is 187 g/mol. The summed E-state index contributed by atoms with van der Waals surface area (Å²) in [6.45, 7) is 0. The van der Waals surface area contributed by atoms with Crippen molar-refractivity contribution in [3.05, 3.63) is 35.1 Å². The van der Waals surface area contributed by atoms with E-state index in [0.717, 1.165) is 0 Å². The van der Waals surface area contributed by atoms with E-state index in [-0.39, 0.29) is 5.69 Å². The van der Waals surface area contributed by atoms with Gasteiger partial charge in [0.1, 0.15) is 11.8 Å². The predicted octanol–water partition coefficient (Wildman–Crippen LogP) is -0.0342. The summed E-state index contributed by atoms with van der Waals surface area (Å²) >= 11 is 0. The molecule has 0 radical (unpaired) electrons. The number of hydrogen-bond donors (Lipinski definition) is 1. The van der Waals surface area contributed by atoms with E-state index in [2.05, 4.69) is 20.2 Å². The number of nitrogens with zero attached hydrogens (tertiary/aromatic N) is 4. The molecule has 3 heterocycles. The first-order valence-electron chi connectivity index (χ1n) is 4.03. The summed E-state index contributed by atoms with van der Waals surface area (Å²) < 4.78 is 1.33. The third kappa shape index (κ3) is 0.792. The maximum atomic E-state index is 11.5. The second-order valence-electron chi connectivity index (χ2n) is 2.85. The molecule has 0 saturated heterocycles. The van der Waals surface area contributed by atoms with Crippen LogP contribution in [0.5, 0.6) is 0 Å². The lowest BCUT2D eigenvalue weighted by atomic mass is 10.3. The van der Waals surface area contributed by atoms with Gasteiger partial charge in [-0.05, 0) is 12.1 Å². The highest BCUT2D eigenvalue weighted by molar-refractivity contribution is 5.86. The molecule has 0 saturated carbocycles. The Morgan fingerprint density at radius 1 is 1.43 bits per heavy atom. The molecule has 0 bridgehead atoms. The van der Waals surface area contributed by atoms with Crippen molar-refractivity contribution in [1.29, 1.82) is 0 Å². The van der Waals surface area contributed by atoms with Crippen molar-refractivity contribution in [3.63, 3.8) is 0 Å². The third-order valence-electron chi connectivity index (χ3n) is 2.03. The average Bonchev–Trinajstić information content (AvgIpc) is 2.67. The zero-order chi connectivity index (χ0) is 9.54. The lowest BCUT2D eigenvalue weighted by molar-refractivity contribution is 1.01. The summed E-state index contributed by atoms with van der Waals surface area (Å²) in [5.74, 6) is 0. The standard InChI is InChI=1S/C8H5N5O/c14-8-11-5-2-1-3-9-6(5)7-12-10-4-13(7)8/h1-4H,(H,11,14). The zero-order valence-corrected chi connectivity index (χ0v) is 7.01. The molecule has 0 fully saturated rings. The first-order chi connectivity index (χ1) is 6.86. The van der Waals surface area contributed by atoms with Crippen LogP contribution in [0, 0.1) is 0 Å². The fourth-order valence-corrected chi connectivity index (χ4v) is 1.40. The van der Waals surface area contributed by atoms with Crippen molar-refractivity contribution in [2.75, 3.05) is 0 Å². The lowest BCUT2D eigenvalue weighted by Gasteiger charge is -1.96. The van der Waals surface area contributed by atoms with Crippen molar-refractivity contribution in [1.82, 2.24) is 24.6 Å². The molecular weight excluding hydrogens is 182 g/mol. The molecule has 0 aliphatic heterocycles. The first kappa shape index (κ1) is 7.19. The Labute approximate surface area is 77.2 Å². The summed E-state index contributed by atoms with van der Waals surface area (Å²) in [5.41, 5.74) is 1.53. The van der Waals surface area contributed by atoms with Gasteiger partial charge in [-0.25, -0.2) is 9.20 Å². The van der Waals surface area contributed by atoms with E-state index in [1.807, 2.05) is 0 Å². The molecule has 0 aliphatic rings. The predicted molar refractivity (Wildman–Crippen MR) is 48.9 cm³/mol. The van der Waals surface area contributed by atoms with Crippen molar-refractivity contribution < 1.29 is 0 Å². The number of rotatable bonds is 0. The number of hydrogen-bond acceptors (Lipinski definition) is 4. The van der Waals surface area contributed by atoms with Crippen LogP contribution in [0.4, 0.5) is 0 Å². The molecule has 68 valence electrons. The number of fused-ring (bicyclic) bond motifs is 3. The van der Waals surface area contributed by atoms with Crippen LogP contribution < -0.4 is 5.69 Å². The van der Waals surface area contributed by atoms with Gasteiger partial charge in [-0.2, -0.15) is 0 Å². The number of nitrogens with one attached hydrogen (secondary N) is 1. The molecule has 3 aromatic heterocycles. The molecule has 14 heavy (non-hydrogen) atoms. The molecule has 0 unspecified atom stereocenters. The summed E-state index contributed by atoms with van der Waals surface area (Å²) in [6.07, 6.45) is 3.01. The summed E-state index contributed by atoms with van der Waals surface area (Å²) in [7, 11) is 0. The Morgan fingerprint density at radius 2 is 2.36 bits per heavy atom. The maximum absolute atomic E-state index is 11.5. The van der Waals surface area contributed by atoms with E-state index in [1.165, 1.54) is 10.7 Å². The minimum atomic E-state index is -0.259. The molecule has 1 N–H and O–H groups in total. The number of aromatic amines is 1. The summed E-state index contributed by atoms with van der Waals surface area (Å²) in [4.78, 5) is 18.3. The van der Waals surface area contributed by atoms with Crippen LogP contribution in [0.15, 0.2) is 29.5 Å². The molecule has 6 nitrogen and oxygen atoms in total. The molecular formula is C8H5N5O. The quantitative estimate of drug-likeness (QED) is 0.536. The number of pyridine rings is 1. The van der Waals surface area contributed by atoms with E-state index in [4.69, 9.17) is 0 Å². The van der Waals surface area contributed by atoms with Crippen molar-refractivity contribution >= 4 is 16.7 Å². The van der Waals surface area contributed by atoms with Gasteiger partial charge in [-0.3, -0.25) is 4.98 Å².